The van der Waals surface area contributed by atoms with Gasteiger partial charge < -0.3 is 10.1 Å². The van der Waals surface area contributed by atoms with Crippen LogP contribution in [0.15, 0.2) is 122 Å². The van der Waals surface area contributed by atoms with Crippen molar-refractivity contribution in [3.05, 3.63) is 150 Å². The van der Waals surface area contributed by atoms with Crippen LogP contribution in [0.2, 0.25) is 0 Å². The highest BCUT2D eigenvalue weighted by Crippen LogP contribution is 2.54. The SMILES string of the molecule is C=CC[C@]1(NC(=O)OC(C)(C)C)C(=O)N(C(c2ccccc2)(c2ccccc2)c2ccccc2)c2c(F)cccc21. The predicted molar refractivity (Wildman–Crippen MR) is 159 cm³/mol. The number of ether oxygens (including phenoxy) is 1. The number of carbonyl (C=O) groups is 2. The van der Waals surface area contributed by atoms with Gasteiger partial charge in [-0.05, 0) is 43.5 Å². The number of hydrogen-bond donors (Lipinski definition) is 1. The lowest BCUT2D eigenvalue weighted by Crippen LogP contribution is -2.58. The molecular weight excluding hydrogens is 515 g/mol. The number of nitrogens with zero attached hydrogens (tertiary/aromatic N) is 1. The molecule has 0 aromatic heterocycles. The lowest BCUT2D eigenvalue weighted by molar-refractivity contribution is -0.125. The average molecular weight is 549 g/mol. The Morgan fingerprint density at radius 2 is 1.34 bits per heavy atom. The second-order valence-corrected chi connectivity index (χ2v) is 11.1. The normalized spacial score (nSPS) is 16.7. The maximum Gasteiger partial charge on any atom is 0.408 e. The van der Waals surface area contributed by atoms with E-state index in [2.05, 4.69) is 11.9 Å². The molecule has 5 nitrogen and oxygen atoms in total. The van der Waals surface area contributed by atoms with Gasteiger partial charge in [-0.1, -0.05) is 109 Å². The summed E-state index contributed by atoms with van der Waals surface area (Å²) in [5.41, 5.74) is -1.08. The fourth-order valence-electron chi connectivity index (χ4n) is 5.80. The minimum Gasteiger partial charge on any atom is -0.444 e. The summed E-state index contributed by atoms with van der Waals surface area (Å²) in [4.78, 5) is 29.9. The van der Waals surface area contributed by atoms with Crippen molar-refractivity contribution in [2.45, 2.75) is 43.9 Å². The van der Waals surface area contributed by atoms with Crippen LogP contribution in [-0.2, 0) is 20.6 Å². The van der Waals surface area contributed by atoms with Crippen molar-refractivity contribution in [2.75, 3.05) is 4.90 Å². The highest BCUT2D eigenvalue weighted by atomic mass is 19.1. The van der Waals surface area contributed by atoms with Crippen LogP contribution in [0.5, 0.6) is 0 Å². The van der Waals surface area contributed by atoms with Crippen LogP contribution >= 0.6 is 0 Å². The van der Waals surface area contributed by atoms with E-state index in [1.807, 2.05) is 91.0 Å². The van der Waals surface area contributed by atoms with Gasteiger partial charge in [-0.15, -0.1) is 6.58 Å². The van der Waals surface area contributed by atoms with Gasteiger partial charge in [0.15, 0.2) is 5.54 Å². The molecule has 0 saturated carbocycles. The summed E-state index contributed by atoms with van der Waals surface area (Å²) in [6.45, 7) is 9.12. The molecule has 0 unspecified atom stereocenters. The second-order valence-electron chi connectivity index (χ2n) is 11.1. The first kappa shape index (κ1) is 27.8. The van der Waals surface area contributed by atoms with E-state index in [1.165, 1.54) is 11.0 Å². The van der Waals surface area contributed by atoms with Gasteiger partial charge in [0.1, 0.15) is 17.0 Å². The van der Waals surface area contributed by atoms with E-state index >= 15 is 9.18 Å². The van der Waals surface area contributed by atoms with Crippen LogP contribution in [0.3, 0.4) is 0 Å². The van der Waals surface area contributed by atoms with Crippen molar-refractivity contribution < 1.29 is 18.7 Å². The first-order chi connectivity index (χ1) is 19.6. The number of amides is 2. The smallest absolute Gasteiger partial charge is 0.408 e. The molecule has 1 atom stereocenters. The average Bonchev–Trinajstić information content (AvgIpc) is 3.19. The van der Waals surface area contributed by atoms with Crippen molar-refractivity contribution in [1.29, 1.82) is 0 Å². The van der Waals surface area contributed by atoms with E-state index < -0.39 is 34.5 Å². The minimum absolute atomic E-state index is 0.0203. The summed E-state index contributed by atoms with van der Waals surface area (Å²) in [6, 6.07) is 33.3. The van der Waals surface area contributed by atoms with Gasteiger partial charge in [-0.2, -0.15) is 0 Å². The number of nitrogens with one attached hydrogen (secondary N) is 1. The van der Waals surface area contributed by atoms with Gasteiger partial charge in [0.2, 0.25) is 0 Å². The number of rotatable bonds is 7. The number of carbonyl (C=O) groups excluding carboxylic acids is 2. The van der Waals surface area contributed by atoms with Crippen LogP contribution < -0.4 is 10.2 Å². The third-order valence-corrected chi connectivity index (χ3v) is 7.31. The third-order valence-electron chi connectivity index (χ3n) is 7.31. The zero-order valence-corrected chi connectivity index (χ0v) is 23.4. The van der Waals surface area contributed by atoms with Gasteiger partial charge in [-0.25, -0.2) is 9.18 Å². The fourth-order valence-corrected chi connectivity index (χ4v) is 5.80. The summed E-state index contributed by atoms with van der Waals surface area (Å²) in [5.74, 6) is -1.08. The van der Waals surface area contributed by atoms with Crippen LogP contribution in [0, 0.1) is 5.82 Å². The lowest BCUT2D eigenvalue weighted by Gasteiger charge is -2.44. The number of anilines is 1. The highest BCUT2D eigenvalue weighted by Gasteiger charge is 2.60. The Hall–Kier alpha value is -4.71. The van der Waals surface area contributed by atoms with Gasteiger partial charge in [0.05, 0.1) is 5.69 Å². The molecule has 6 heteroatoms. The fraction of sp³-hybridized carbons (Fsp3) is 0.200. The zero-order valence-electron chi connectivity index (χ0n) is 23.4. The lowest BCUT2D eigenvalue weighted by atomic mass is 9.75. The first-order valence-electron chi connectivity index (χ1n) is 13.6. The third kappa shape index (κ3) is 4.69. The van der Waals surface area contributed by atoms with Crippen LogP contribution in [0.1, 0.15) is 49.4 Å². The molecule has 4 aromatic carbocycles. The number of hydrogen-bond acceptors (Lipinski definition) is 3. The van der Waals surface area contributed by atoms with Crippen LogP contribution in [-0.4, -0.2) is 17.6 Å². The van der Waals surface area contributed by atoms with Crippen molar-refractivity contribution in [3.63, 3.8) is 0 Å². The maximum absolute atomic E-state index is 16.2. The van der Waals surface area contributed by atoms with E-state index in [9.17, 15) is 4.79 Å². The van der Waals surface area contributed by atoms with Gasteiger partial charge >= 0.3 is 6.09 Å². The Balaban J connectivity index is 1.88. The monoisotopic (exact) mass is 548 g/mol. The highest BCUT2D eigenvalue weighted by molar-refractivity contribution is 6.11. The number of fused-ring (bicyclic) bond motifs is 1. The topological polar surface area (TPSA) is 58.6 Å². The molecule has 5 rings (SSSR count). The molecule has 4 aromatic rings. The molecule has 208 valence electrons. The molecule has 0 radical (unpaired) electrons. The molecule has 1 aliphatic rings. The quantitative estimate of drug-likeness (QED) is 0.193. The predicted octanol–water partition coefficient (Wildman–Crippen LogP) is 7.46. The first-order valence-corrected chi connectivity index (χ1v) is 13.6. The van der Waals surface area contributed by atoms with Gasteiger partial charge in [0, 0.05) is 12.0 Å². The summed E-state index contributed by atoms with van der Waals surface area (Å²) < 4.78 is 21.8. The molecule has 1 heterocycles. The molecule has 1 aliphatic heterocycles. The minimum atomic E-state index is -1.66. The Kier molecular flexibility index (Phi) is 7.26. The van der Waals surface area contributed by atoms with E-state index in [4.69, 9.17) is 4.74 Å². The Morgan fingerprint density at radius 1 is 0.854 bits per heavy atom. The van der Waals surface area contributed by atoms with E-state index in [0.717, 1.165) is 16.7 Å². The van der Waals surface area contributed by atoms with Gasteiger partial charge in [0.25, 0.3) is 5.91 Å². The number of para-hydroxylation sites is 1. The Labute approximate surface area is 240 Å². The molecule has 0 aliphatic carbocycles. The largest absolute Gasteiger partial charge is 0.444 e. The zero-order chi connectivity index (χ0) is 29.3. The Morgan fingerprint density at radius 3 is 1.78 bits per heavy atom. The Bertz CT molecular complexity index is 1470. The number of benzene rings is 4. The molecule has 0 spiro atoms. The van der Waals surface area contributed by atoms with E-state index in [-0.39, 0.29) is 12.1 Å². The molecule has 0 bridgehead atoms. The van der Waals surface area contributed by atoms with Crippen LogP contribution in [0.25, 0.3) is 0 Å². The van der Waals surface area contributed by atoms with Gasteiger partial charge in [-0.3, -0.25) is 9.69 Å². The molecule has 41 heavy (non-hydrogen) atoms. The number of alkyl carbamates (subject to hydrolysis) is 1. The molecule has 0 fully saturated rings. The molecule has 1 N–H and O–H groups in total. The maximum atomic E-state index is 16.2. The summed E-state index contributed by atoms with van der Waals surface area (Å²) >= 11 is 0. The standard InChI is InChI=1S/C35H33FN2O3/c1-5-24-34(37-32(40)41-33(2,3)4)28-22-15-23-29(36)30(28)38(31(34)39)35(25-16-9-6-10-17-25,26-18-11-7-12-19-26)27-20-13-8-14-21-27/h5-23H,1,24H2,2-4H3,(H,37,40)/t34-/m1/s1. The van der Waals surface area contributed by atoms with Crippen LogP contribution in [0.4, 0.5) is 14.9 Å². The number of halogens is 1. The van der Waals surface area contributed by atoms with Crippen molar-refractivity contribution in [3.8, 4) is 0 Å². The molecule has 2 amide bonds. The van der Waals surface area contributed by atoms with Crippen molar-refractivity contribution in [2.24, 2.45) is 0 Å². The summed E-state index contributed by atoms with van der Waals surface area (Å²) in [6.07, 6.45) is 0.796. The summed E-state index contributed by atoms with van der Waals surface area (Å²) in [5, 5.41) is 2.85. The molecule has 0 saturated heterocycles. The van der Waals surface area contributed by atoms with Crippen molar-refractivity contribution in [1.82, 2.24) is 5.32 Å². The van der Waals surface area contributed by atoms with E-state index in [0.29, 0.717) is 5.56 Å². The van der Waals surface area contributed by atoms with Crippen molar-refractivity contribution >= 4 is 17.7 Å². The second kappa shape index (κ2) is 10.7. The molecular formula is C35H33FN2O3. The summed E-state index contributed by atoms with van der Waals surface area (Å²) in [7, 11) is 0. The van der Waals surface area contributed by atoms with E-state index in [1.54, 1.807) is 39.0 Å².